The predicted molar refractivity (Wildman–Crippen MR) is 84.6 cm³/mol. The zero-order valence-corrected chi connectivity index (χ0v) is 13.7. The smallest absolute Gasteiger partial charge is 0.236 e. The first-order valence-electron chi connectivity index (χ1n) is 7.63. The van der Waals surface area contributed by atoms with E-state index >= 15 is 0 Å². The van der Waals surface area contributed by atoms with Gasteiger partial charge in [-0.3, -0.25) is 14.5 Å². The van der Waals surface area contributed by atoms with E-state index in [0.717, 1.165) is 52.1 Å². The number of nitrogens with zero attached hydrogens (tertiary/aromatic N) is 3. The van der Waals surface area contributed by atoms with Gasteiger partial charge >= 0.3 is 0 Å². The Morgan fingerprint density at radius 1 is 0.857 bits per heavy atom. The molecule has 0 aromatic carbocycles. The van der Waals surface area contributed by atoms with Gasteiger partial charge in [-0.15, -0.1) is 12.4 Å². The van der Waals surface area contributed by atoms with E-state index < -0.39 is 0 Å². The first-order chi connectivity index (χ1) is 9.70. The SMILES string of the molecule is CNCC(=O)N1CCN(CC(=O)N2CCCCC2)CC1.Cl. The molecule has 6 nitrogen and oxygen atoms in total. The molecular weight excluding hydrogens is 292 g/mol. The largest absolute Gasteiger partial charge is 0.342 e. The maximum absolute atomic E-state index is 12.2. The van der Waals surface area contributed by atoms with Crippen LogP contribution < -0.4 is 5.32 Å². The van der Waals surface area contributed by atoms with Crippen molar-refractivity contribution in [3.8, 4) is 0 Å². The van der Waals surface area contributed by atoms with Crippen LogP contribution in [0.15, 0.2) is 0 Å². The van der Waals surface area contributed by atoms with Crippen LogP contribution in [0.5, 0.6) is 0 Å². The van der Waals surface area contributed by atoms with Crippen molar-refractivity contribution in [1.29, 1.82) is 0 Å². The highest BCUT2D eigenvalue weighted by molar-refractivity contribution is 5.85. The van der Waals surface area contributed by atoms with Gasteiger partial charge in [0.2, 0.25) is 11.8 Å². The van der Waals surface area contributed by atoms with Crippen molar-refractivity contribution in [2.75, 3.05) is 59.4 Å². The lowest BCUT2D eigenvalue weighted by atomic mass is 10.1. The molecule has 0 atom stereocenters. The van der Waals surface area contributed by atoms with Gasteiger partial charge in [-0.25, -0.2) is 0 Å². The number of nitrogens with one attached hydrogen (secondary N) is 1. The number of likely N-dealkylation sites (tertiary alicyclic amines) is 1. The van der Waals surface area contributed by atoms with Crippen molar-refractivity contribution in [2.24, 2.45) is 0 Å². The van der Waals surface area contributed by atoms with E-state index in [4.69, 9.17) is 0 Å². The summed E-state index contributed by atoms with van der Waals surface area (Å²) >= 11 is 0. The average molecular weight is 319 g/mol. The van der Waals surface area contributed by atoms with Gasteiger partial charge in [0.25, 0.3) is 0 Å². The molecule has 0 unspecified atom stereocenters. The second-order valence-corrected chi connectivity index (χ2v) is 5.63. The van der Waals surface area contributed by atoms with Crippen LogP contribution in [-0.4, -0.2) is 85.9 Å². The quantitative estimate of drug-likeness (QED) is 0.779. The van der Waals surface area contributed by atoms with Gasteiger partial charge in [0, 0.05) is 39.3 Å². The fourth-order valence-electron chi connectivity index (χ4n) is 2.85. The average Bonchev–Trinajstić information content (AvgIpc) is 2.49. The number of rotatable bonds is 4. The van der Waals surface area contributed by atoms with Gasteiger partial charge in [0.1, 0.15) is 0 Å². The second-order valence-electron chi connectivity index (χ2n) is 5.63. The second kappa shape index (κ2) is 9.23. The summed E-state index contributed by atoms with van der Waals surface area (Å²) in [6, 6.07) is 0. The molecule has 2 aliphatic heterocycles. The van der Waals surface area contributed by atoms with E-state index in [-0.39, 0.29) is 24.2 Å². The third-order valence-electron chi connectivity index (χ3n) is 4.12. The Kier molecular flexibility index (Phi) is 8.00. The third kappa shape index (κ3) is 5.45. The summed E-state index contributed by atoms with van der Waals surface area (Å²) in [6.45, 7) is 5.80. The summed E-state index contributed by atoms with van der Waals surface area (Å²) in [4.78, 5) is 30.0. The standard InChI is InChI=1S/C14H26N4O2.ClH/c1-15-11-13(19)18-9-7-16(8-10-18)12-14(20)17-5-3-2-4-6-17;/h15H,2-12H2,1H3;1H. The monoisotopic (exact) mass is 318 g/mol. The lowest BCUT2D eigenvalue weighted by Gasteiger charge is -2.36. The molecule has 1 N–H and O–H groups in total. The zero-order valence-electron chi connectivity index (χ0n) is 12.8. The lowest BCUT2D eigenvalue weighted by molar-refractivity contribution is -0.135. The van der Waals surface area contributed by atoms with Crippen molar-refractivity contribution in [1.82, 2.24) is 20.0 Å². The van der Waals surface area contributed by atoms with Gasteiger partial charge in [-0.1, -0.05) is 0 Å². The summed E-state index contributed by atoms with van der Waals surface area (Å²) in [5.74, 6) is 0.397. The molecule has 0 spiro atoms. The molecule has 21 heavy (non-hydrogen) atoms. The van der Waals surface area contributed by atoms with Crippen molar-refractivity contribution in [3.05, 3.63) is 0 Å². The van der Waals surface area contributed by atoms with Crippen LogP contribution in [0.1, 0.15) is 19.3 Å². The topological polar surface area (TPSA) is 55.9 Å². The minimum atomic E-state index is 0. The van der Waals surface area contributed by atoms with Crippen LogP contribution in [0, 0.1) is 0 Å². The van der Waals surface area contributed by atoms with Crippen LogP contribution in [0.3, 0.4) is 0 Å². The normalized spacial score (nSPS) is 20.0. The molecule has 0 aromatic rings. The minimum absolute atomic E-state index is 0. The van der Waals surface area contributed by atoms with Gasteiger partial charge in [-0.05, 0) is 26.3 Å². The molecule has 2 rings (SSSR count). The zero-order chi connectivity index (χ0) is 14.4. The Morgan fingerprint density at radius 3 is 2.00 bits per heavy atom. The molecule has 2 amide bonds. The van der Waals surface area contributed by atoms with Crippen molar-refractivity contribution in [2.45, 2.75) is 19.3 Å². The fraction of sp³-hybridized carbons (Fsp3) is 0.857. The molecule has 2 saturated heterocycles. The molecule has 0 aliphatic carbocycles. The van der Waals surface area contributed by atoms with Crippen molar-refractivity contribution >= 4 is 24.2 Å². The Bertz CT molecular complexity index is 340. The number of hydrogen-bond donors (Lipinski definition) is 1. The van der Waals surface area contributed by atoms with E-state index in [9.17, 15) is 9.59 Å². The first kappa shape index (κ1) is 18.2. The van der Waals surface area contributed by atoms with Crippen LogP contribution in [0.2, 0.25) is 0 Å². The lowest BCUT2D eigenvalue weighted by Crippen LogP contribution is -2.53. The molecule has 122 valence electrons. The number of halogens is 1. The molecule has 0 radical (unpaired) electrons. The molecule has 7 heteroatoms. The number of piperazine rings is 1. The van der Waals surface area contributed by atoms with Gasteiger partial charge in [-0.2, -0.15) is 0 Å². The van der Waals surface area contributed by atoms with Crippen molar-refractivity contribution in [3.63, 3.8) is 0 Å². The summed E-state index contributed by atoms with van der Waals surface area (Å²) in [5, 5.41) is 2.89. The summed E-state index contributed by atoms with van der Waals surface area (Å²) in [5.41, 5.74) is 0. The van der Waals surface area contributed by atoms with E-state index in [1.807, 2.05) is 9.80 Å². The Hall–Kier alpha value is -0.850. The predicted octanol–water partition coefficient (Wildman–Crippen LogP) is -0.216. The third-order valence-corrected chi connectivity index (χ3v) is 4.12. The molecule has 0 saturated carbocycles. The summed E-state index contributed by atoms with van der Waals surface area (Å²) in [6.07, 6.45) is 3.52. The first-order valence-corrected chi connectivity index (χ1v) is 7.63. The van der Waals surface area contributed by atoms with E-state index in [0.29, 0.717) is 13.1 Å². The highest BCUT2D eigenvalue weighted by Gasteiger charge is 2.24. The summed E-state index contributed by atoms with van der Waals surface area (Å²) in [7, 11) is 1.78. The van der Waals surface area contributed by atoms with Crippen LogP contribution >= 0.6 is 12.4 Å². The Balaban J connectivity index is 0.00000220. The summed E-state index contributed by atoms with van der Waals surface area (Å²) < 4.78 is 0. The number of carbonyl (C=O) groups excluding carboxylic acids is 2. The van der Waals surface area contributed by atoms with Gasteiger partial charge in [0.05, 0.1) is 13.1 Å². The van der Waals surface area contributed by atoms with Gasteiger partial charge < -0.3 is 15.1 Å². The number of piperidine rings is 1. The molecule has 2 heterocycles. The number of carbonyl (C=O) groups is 2. The number of amides is 2. The van der Waals surface area contributed by atoms with E-state index in [2.05, 4.69) is 10.2 Å². The van der Waals surface area contributed by atoms with Crippen LogP contribution in [0.4, 0.5) is 0 Å². The minimum Gasteiger partial charge on any atom is -0.342 e. The van der Waals surface area contributed by atoms with E-state index in [1.54, 1.807) is 7.05 Å². The molecule has 2 fully saturated rings. The Labute approximate surface area is 133 Å². The highest BCUT2D eigenvalue weighted by Crippen LogP contribution is 2.10. The molecule has 0 bridgehead atoms. The van der Waals surface area contributed by atoms with E-state index in [1.165, 1.54) is 6.42 Å². The molecule has 0 aromatic heterocycles. The van der Waals surface area contributed by atoms with Gasteiger partial charge in [0.15, 0.2) is 0 Å². The van der Waals surface area contributed by atoms with Crippen molar-refractivity contribution < 1.29 is 9.59 Å². The fourth-order valence-corrected chi connectivity index (χ4v) is 2.85. The van der Waals surface area contributed by atoms with Crippen LogP contribution in [0.25, 0.3) is 0 Å². The molecular formula is C14H27ClN4O2. The van der Waals surface area contributed by atoms with Crippen LogP contribution in [-0.2, 0) is 9.59 Å². The highest BCUT2D eigenvalue weighted by atomic mass is 35.5. The number of hydrogen-bond acceptors (Lipinski definition) is 4. The Morgan fingerprint density at radius 2 is 1.43 bits per heavy atom. The maximum Gasteiger partial charge on any atom is 0.236 e. The maximum atomic E-state index is 12.2. The number of likely N-dealkylation sites (N-methyl/N-ethyl adjacent to an activating group) is 1. The molecule has 2 aliphatic rings.